The summed E-state index contributed by atoms with van der Waals surface area (Å²) in [5, 5.41) is 0. The lowest BCUT2D eigenvalue weighted by molar-refractivity contribution is 0.617. The number of nitrogens with two attached hydrogens (primary N) is 1. The van der Waals surface area contributed by atoms with Crippen molar-refractivity contribution in [1.29, 1.82) is 0 Å². The maximum atomic E-state index is 13.2. The Hall–Kier alpha value is -1.55. The second-order valence-corrected chi connectivity index (χ2v) is 5.56. The Kier molecular flexibility index (Phi) is 4.10. The van der Waals surface area contributed by atoms with Crippen molar-refractivity contribution >= 4 is 27.3 Å². The fraction of sp³-hybridized carbons (Fsp3) is 0.200. The zero-order chi connectivity index (χ0) is 14.0. The van der Waals surface area contributed by atoms with Crippen molar-refractivity contribution < 1.29 is 4.39 Å². The van der Waals surface area contributed by atoms with E-state index in [-0.39, 0.29) is 5.82 Å². The molecule has 0 heterocycles. The topological polar surface area (TPSA) is 29.3 Å². The lowest BCUT2D eigenvalue weighted by atomic mass is 10.1. The third kappa shape index (κ3) is 3.26. The van der Waals surface area contributed by atoms with Crippen LogP contribution in [0.2, 0.25) is 0 Å². The largest absolute Gasteiger partial charge is 0.397 e. The van der Waals surface area contributed by atoms with Gasteiger partial charge in [-0.2, -0.15) is 0 Å². The Morgan fingerprint density at radius 3 is 2.58 bits per heavy atom. The van der Waals surface area contributed by atoms with Crippen LogP contribution in [0, 0.1) is 12.7 Å². The van der Waals surface area contributed by atoms with Gasteiger partial charge < -0.3 is 10.6 Å². The molecule has 0 aliphatic carbocycles. The molecule has 0 saturated carbocycles. The van der Waals surface area contributed by atoms with Crippen LogP contribution in [0.5, 0.6) is 0 Å². The predicted molar refractivity (Wildman–Crippen MR) is 81.8 cm³/mol. The van der Waals surface area contributed by atoms with Gasteiger partial charge in [0.25, 0.3) is 0 Å². The van der Waals surface area contributed by atoms with E-state index in [0.29, 0.717) is 12.1 Å². The van der Waals surface area contributed by atoms with Crippen molar-refractivity contribution in [3.05, 3.63) is 57.8 Å². The Balaban J connectivity index is 2.20. The predicted octanol–water partition coefficient (Wildman–Crippen LogP) is 4.12. The molecule has 0 spiro atoms. The maximum absolute atomic E-state index is 13.2. The molecule has 0 atom stereocenters. The average Bonchev–Trinajstić information content (AvgIpc) is 2.33. The molecule has 2 aromatic carbocycles. The summed E-state index contributed by atoms with van der Waals surface area (Å²) in [6.45, 7) is 2.46. The molecule has 0 saturated heterocycles. The molecule has 0 aromatic heterocycles. The van der Waals surface area contributed by atoms with Crippen LogP contribution in [-0.4, -0.2) is 7.05 Å². The number of hydrogen-bond acceptors (Lipinski definition) is 2. The van der Waals surface area contributed by atoms with Gasteiger partial charge in [0.15, 0.2) is 0 Å². The number of anilines is 2. The van der Waals surface area contributed by atoms with Crippen molar-refractivity contribution in [2.75, 3.05) is 17.7 Å². The van der Waals surface area contributed by atoms with Crippen LogP contribution in [0.3, 0.4) is 0 Å². The summed E-state index contributed by atoms with van der Waals surface area (Å²) in [4.78, 5) is 2.05. The highest BCUT2D eigenvalue weighted by Crippen LogP contribution is 2.27. The van der Waals surface area contributed by atoms with Crippen LogP contribution in [0.4, 0.5) is 15.8 Å². The van der Waals surface area contributed by atoms with Gasteiger partial charge >= 0.3 is 0 Å². The summed E-state index contributed by atoms with van der Waals surface area (Å²) >= 11 is 3.39. The maximum Gasteiger partial charge on any atom is 0.126 e. The quantitative estimate of drug-likeness (QED) is 0.861. The fourth-order valence-electron chi connectivity index (χ4n) is 2.04. The zero-order valence-electron chi connectivity index (χ0n) is 11.0. The minimum Gasteiger partial charge on any atom is -0.397 e. The van der Waals surface area contributed by atoms with Crippen molar-refractivity contribution in [2.24, 2.45) is 0 Å². The second kappa shape index (κ2) is 5.61. The molecule has 2 nitrogen and oxygen atoms in total. The van der Waals surface area contributed by atoms with Crippen molar-refractivity contribution in [2.45, 2.75) is 13.5 Å². The minimum absolute atomic E-state index is 0.172. The van der Waals surface area contributed by atoms with Crippen molar-refractivity contribution in [3.8, 4) is 0 Å². The monoisotopic (exact) mass is 322 g/mol. The van der Waals surface area contributed by atoms with Gasteiger partial charge in [-0.3, -0.25) is 0 Å². The first-order valence-electron chi connectivity index (χ1n) is 5.98. The van der Waals surface area contributed by atoms with Crippen LogP contribution in [0.25, 0.3) is 0 Å². The van der Waals surface area contributed by atoms with E-state index in [9.17, 15) is 4.39 Å². The molecule has 0 aliphatic rings. The SMILES string of the molecule is Cc1cc(CN(C)c2ccc(Br)cc2N)ccc1F. The highest BCUT2D eigenvalue weighted by molar-refractivity contribution is 9.10. The number of halogens is 2. The summed E-state index contributed by atoms with van der Waals surface area (Å²) in [6, 6.07) is 11.0. The van der Waals surface area contributed by atoms with Gasteiger partial charge in [0.2, 0.25) is 0 Å². The standard InChI is InChI=1S/C15H16BrFN2/c1-10-7-11(3-5-13(10)17)9-19(2)15-6-4-12(16)8-14(15)18/h3-8H,9,18H2,1-2H3. The summed E-state index contributed by atoms with van der Waals surface area (Å²) in [6.07, 6.45) is 0. The van der Waals surface area contributed by atoms with E-state index in [1.54, 1.807) is 13.0 Å². The molecule has 0 bridgehead atoms. The number of rotatable bonds is 3. The highest BCUT2D eigenvalue weighted by atomic mass is 79.9. The fourth-order valence-corrected chi connectivity index (χ4v) is 2.42. The van der Waals surface area contributed by atoms with Crippen LogP contribution in [0.15, 0.2) is 40.9 Å². The van der Waals surface area contributed by atoms with Crippen LogP contribution in [0.1, 0.15) is 11.1 Å². The first kappa shape index (κ1) is 13.9. The zero-order valence-corrected chi connectivity index (χ0v) is 12.5. The number of nitrogen functional groups attached to an aromatic ring is 1. The molecule has 19 heavy (non-hydrogen) atoms. The number of aryl methyl sites for hydroxylation is 1. The van der Waals surface area contributed by atoms with Gasteiger partial charge in [-0.05, 0) is 42.3 Å². The van der Waals surface area contributed by atoms with Crippen molar-refractivity contribution in [1.82, 2.24) is 0 Å². The van der Waals surface area contributed by atoms with Crippen LogP contribution < -0.4 is 10.6 Å². The van der Waals surface area contributed by atoms with Gasteiger partial charge in [-0.15, -0.1) is 0 Å². The second-order valence-electron chi connectivity index (χ2n) is 4.64. The van der Waals surface area contributed by atoms with E-state index in [1.165, 1.54) is 6.07 Å². The number of benzene rings is 2. The summed E-state index contributed by atoms with van der Waals surface area (Å²) in [7, 11) is 1.97. The molecule has 2 aromatic rings. The molecule has 0 unspecified atom stereocenters. The summed E-state index contributed by atoms with van der Waals surface area (Å²) < 4.78 is 14.2. The van der Waals surface area contributed by atoms with E-state index >= 15 is 0 Å². The lowest BCUT2D eigenvalue weighted by Crippen LogP contribution is -2.17. The van der Waals surface area contributed by atoms with Gasteiger partial charge in [0, 0.05) is 18.1 Å². The molecule has 0 radical (unpaired) electrons. The third-order valence-electron chi connectivity index (χ3n) is 3.04. The Morgan fingerprint density at radius 2 is 1.95 bits per heavy atom. The van der Waals surface area contributed by atoms with E-state index < -0.39 is 0 Å². The van der Waals surface area contributed by atoms with E-state index in [4.69, 9.17) is 5.73 Å². The molecule has 4 heteroatoms. The number of hydrogen-bond donors (Lipinski definition) is 1. The van der Waals surface area contributed by atoms with Crippen LogP contribution in [-0.2, 0) is 6.54 Å². The molecule has 0 aliphatic heterocycles. The molecule has 2 N–H and O–H groups in total. The molecular weight excluding hydrogens is 307 g/mol. The highest BCUT2D eigenvalue weighted by Gasteiger charge is 2.07. The van der Waals surface area contributed by atoms with Gasteiger partial charge in [0.05, 0.1) is 11.4 Å². The number of nitrogens with zero attached hydrogens (tertiary/aromatic N) is 1. The van der Waals surface area contributed by atoms with E-state index in [2.05, 4.69) is 20.8 Å². The Labute approximate surface area is 121 Å². The molecule has 0 fully saturated rings. The van der Waals surface area contributed by atoms with E-state index in [1.807, 2.05) is 31.3 Å². The molecule has 2 rings (SSSR count). The lowest BCUT2D eigenvalue weighted by Gasteiger charge is -2.21. The van der Waals surface area contributed by atoms with E-state index in [0.717, 1.165) is 21.4 Å². The average molecular weight is 323 g/mol. The smallest absolute Gasteiger partial charge is 0.126 e. The first-order chi connectivity index (χ1) is 8.97. The Morgan fingerprint density at radius 1 is 1.21 bits per heavy atom. The summed E-state index contributed by atoms with van der Waals surface area (Å²) in [5.41, 5.74) is 9.40. The molecular formula is C15H16BrFN2. The van der Waals surface area contributed by atoms with Crippen molar-refractivity contribution in [3.63, 3.8) is 0 Å². The van der Waals surface area contributed by atoms with Crippen LogP contribution >= 0.6 is 15.9 Å². The third-order valence-corrected chi connectivity index (χ3v) is 3.54. The summed E-state index contributed by atoms with van der Waals surface area (Å²) in [5.74, 6) is -0.172. The molecule has 0 amide bonds. The van der Waals surface area contributed by atoms with Gasteiger partial charge in [-0.25, -0.2) is 4.39 Å². The minimum atomic E-state index is -0.172. The first-order valence-corrected chi connectivity index (χ1v) is 6.78. The van der Waals surface area contributed by atoms with Gasteiger partial charge in [-0.1, -0.05) is 28.1 Å². The Bertz CT molecular complexity index is 599. The normalized spacial score (nSPS) is 10.5. The van der Waals surface area contributed by atoms with Gasteiger partial charge in [0.1, 0.15) is 5.82 Å². The molecule has 100 valence electrons.